The van der Waals surface area contributed by atoms with Gasteiger partial charge in [-0.1, -0.05) is 133 Å². The fourth-order valence-electron chi connectivity index (χ4n) is 7.07. The Morgan fingerprint density at radius 3 is 1.62 bits per heavy atom. The third kappa shape index (κ3) is 4.24. The van der Waals surface area contributed by atoms with Crippen molar-refractivity contribution in [3.63, 3.8) is 0 Å². The second kappa shape index (κ2) is 10.4. The summed E-state index contributed by atoms with van der Waals surface area (Å²) in [5.41, 5.74) is 5.86. The molecule has 0 N–H and O–H groups in total. The van der Waals surface area contributed by atoms with Crippen LogP contribution in [0.1, 0.15) is 0 Å². The number of anilines is 3. The van der Waals surface area contributed by atoms with Gasteiger partial charge in [0, 0.05) is 17.1 Å². The standard InChI is InChI=1S/C44H29N/c1-2-12-35(13-3-1)45(37-26-27-40-34(28-37)21-20-32-19-18-30-10-4-7-15-39(30)44(32)40)36-24-22-31(23-25-36)43-29-33-11-5-6-14-38(33)41-16-8-9-17-42(41)43/h1-29H. The lowest BCUT2D eigenvalue weighted by molar-refractivity contribution is 1.29. The first kappa shape index (κ1) is 25.6. The summed E-state index contributed by atoms with van der Waals surface area (Å²) in [7, 11) is 0. The number of fused-ring (bicyclic) bond motifs is 8. The van der Waals surface area contributed by atoms with Crippen LogP contribution in [0.15, 0.2) is 176 Å². The molecule has 0 radical (unpaired) electrons. The highest BCUT2D eigenvalue weighted by atomic mass is 15.1. The summed E-state index contributed by atoms with van der Waals surface area (Å²) in [4.78, 5) is 2.36. The zero-order valence-corrected chi connectivity index (χ0v) is 24.7. The van der Waals surface area contributed by atoms with E-state index >= 15 is 0 Å². The van der Waals surface area contributed by atoms with Crippen molar-refractivity contribution in [3.8, 4) is 11.1 Å². The summed E-state index contributed by atoms with van der Waals surface area (Å²) < 4.78 is 0. The molecule has 0 aliphatic heterocycles. The van der Waals surface area contributed by atoms with Gasteiger partial charge in [0.25, 0.3) is 0 Å². The molecule has 0 heterocycles. The molecule has 1 nitrogen and oxygen atoms in total. The average Bonchev–Trinajstić information content (AvgIpc) is 3.12. The molecule has 0 atom stereocenters. The monoisotopic (exact) mass is 571 g/mol. The van der Waals surface area contributed by atoms with E-state index in [2.05, 4.69) is 181 Å². The van der Waals surface area contributed by atoms with E-state index in [0.717, 1.165) is 17.1 Å². The summed E-state index contributed by atoms with van der Waals surface area (Å²) in [6.45, 7) is 0. The maximum Gasteiger partial charge on any atom is 0.0468 e. The van der Waals surface area contributed by atoms with Gasteiger partial charge in [0.05, 0.1) is 0 Å². The van der Waals surface area contributed by atoms with Gasteiger partial charge in [-0.05, 0) is 107 Å². The van der Waals surface area contributed by atoms with E-state index in [1.807, 2.05) is 0 Å². The number of benzene rings is 9. The minimum atomic E-state index is 1.13. The van der Waals surface area contributed by atoms with Crippen LogP contribution in [0.5, 0.6) is 0 Å². The third-order valence-electron chi connectivity index (χ3n) is 9.19. The number of rotatable bonds is 4. The highest BCUT2D eigenvalue weighted by Gasteiger charge is 2.15. The van der Waals surface area contributed by atoms with Gasteiger partial charge in [-0.25, -0.2) is 0 Å². The summed E-state index contributed by atoms with van der Waals surface area (Å²) in [5.74, 6) is 0. The molecular weight excluding hydrogens is 542 g/mol. The Balaban J connectivity index is 1.19. The maximum atomic E-state index is 2.36. The summed E-state index contributed by atoms with van der Waals surface area (Å²) in [6, 6.07) is 64.0. The van der Waals surface area contributed by atoms with Crippen LogP contribution >= 0.6 is 0 Å². The van der Waals surface area contributed by atoms with Crippen LogP contribution in [0, 0.1) is 0 Å². The normalized spacial score (nSPS) is 11.6. The highest BCUT2D eigenvalue weighted by molar-refractivity contribution is 6.20. The van der Waals surface area contributed by atoms with Gasteiger partial charge in [0.2, 0.25) is 0 Å². The lowest BCUT2D eigenvalue weighted by atomic mass is 9.93. The minimum absolute atomic E-state index is 1.13. The summed E-state index contributed by atoms with van der Waals surface area (Å²) in [6.07, 6.45) is 0. The van der Waals surface area contributed by atoms with Crippen LogP contribution in [-0.2, 0) is 0 Å². The van der Waals surface area contributed by atoms with Crippen molar-refractivity contribution in [2.75, 3.05) is 4.90 Å². The predicted octanol–water partition coefficient (Wildman–Crippen LogP) is 12.6. The van der Waals surface area contributed by atoms with Crippen LogP contribution in [-0.4, -0.2) is 0 Å². The Kier molecular flexibility index (Phi) is 5.89. The smallest absolute Gasteiger partial charge is 0.0468 e. The van der Waals surface area contributed by atoms with Crippen LogP contribution in [0.2, 0.25) is 0 Å². The number of hydrogen-bond acceptors (Lipinski definition) is 1. The molecule has 0 unspecified atom stereocenters. The molecule has 9 rings (SSSR count). The first-order valence-corrected chi connectivity index (χ1v) is 15.5. The molecule has 9 aromatic carbocycles. The molecule has 0 aliphatic carbocycles. The Hall–Kier alpha value is -5.92. The van der Waals surface area contributed by atoms with E-state index in [1.54, 1.807) is 0 Å². The fourth-order valence-corrected chi connectivity index (χ4v) is 7.07. The highest BCUT2D eigenvalue weighted by Crippen LogP contribution is 2.40. The zero-order valence-electron chi connectivity index (χ0n) is 24.7. The molecule has 1 heteroatoms. The first-order chi connectivity index (χ1) is 22.3. The quantitative estimate of drug-likeness (QED) is 0.190. The van der Waals surface area contributed by atoms with Gasteiger partial charge in [0.1, 0.15) is 0 Å². The van der Waals surface area contributed by atoms with Crippen molar-refractivity contribution < 1.29 is 0 Å². The zero-order chi connectivity index (χ0) is 29.7. The SMILES string of the molecule is c1ccc(N(c2ccc(-c3cc4ccccc4c4ccccc34)cc2)c2ccc3c(ccc4ccc5ccccc5c43)c2)cc1. The molecular formula is C44H29N. The van der Waals surface area contributed by atoms with Crippen molar-refractivity contribution in [2.24, 2.45) is 0 Å². The Bertz CT molecular complexity index is 2530. The van der Waals surface area contributed by atoms with E-state index in [0.29, 0.717) is 0 Å². The largest absolute Gasteiger partial charge is 0.310 e. The fraction of sp³-hybridized carbons (Fsp3) is 0. The molecule has 0 fully saturated rings. The van der Waals surface area contributed by atoms with Crippen LogP contribution < -0.4 is 4.90 Å². The average molecular weight is 572 g/mol. The van der Waals surface area contributed by atoms with Crippen molar-refractivity contribution in [3.05, 3.63) is 176 Å². The van der Waals surface area contributed by atoms with Crippen molar-refractivity contribution >= 4 is 70.9 Å². The molecule has 0 saturated carbocycles. The van der Waals surface area contributed by atoms with E-state index < -0.39 is 0 Å². The molecule has 0 spiro atoms. The lowest BCUT2D eigenvalue weighted by Gasteiger charge is -2.26. The Labute approximate surface area is 262 Å². The van der Waals surface area contributed by atoms with Crippen molar-refractivity contribution in [2.45, 2.75) is 0 Å². The number of nitrogens with zero attached hydrogens (tertiary/aromatic N) is 1. The molecule has 9 aromatic rings. The Morgan fingerprint density at radius 1 is 0.289 bits per heavy atom. The predicted molar refractivity (Wildman–Crippen MR) is 194 cm³/mol. The maximum absolute atomic E-state index is 2.36. The van der Waals surface area contributed by atoms with Gasteiger partial charge in [0.15, 0.2) is 0 Å². The summed E-state index contributed by atoms with van der Waals surface area (Å²) >= 11 is 0. The van der Waals surface area contributed by atoms with E-state index in [-0.39, 0.29) is 0 Å². The molecule has 0 amide bonds. The molecule has 0 aromatic heterocycles. The second-order valence-electron chi connectivity index (χ2n) is 11.8. The van der Waals surface area contributed by atoms with Gasteiger partial charge in [-0.2, -0.15) is 0 Å². The molecule has 210 valence electrons. The Morgan fingerprint density at radius 2 is 0.822 bits per heavy atom. The third-order valence-corrected chi connectivity index (χ3v) is 9.19. The number of hydrogen-bond donors (Lipinski definition) is 0. The van der Waals surface area contributed by atoms with Gasteiger partial charge >= 0.3 is 0 Å². The van der Waals surface area contributed by atoms with Crippen LogP contribution in [0.4, 0.5) is 17.1 Å². The van der Waals surface area contributed by atoms with E-state index in [4.69, 9.17) is 0 Å². The van der Waals surface area contributed by atoms with Gasteiger partial charge < -0.3 is 4.90 Å². The topological polar surface area (TPSA) is 3.24 Å². The molecule has 0 saturated heterocycles. The molecule has 45 heavy (non-hydrogen) atoms. The van der Waals surface area contributed by atoms with Crippen molar-refractivity contribution in [1.82, 2.24) is 0 Å². The first-order valence-electron chi connectivity index (χ1n) is 15.5. The van der Waals surface area contributed by atoms with E-state index in [1.165, 1.54) is 65.0 Å². The van der Waals surface area contributed by atoms with Crippen LogP contribution in [0.25, 0.3) is 65.0 Å². The van der Waals surface area contributed by atoms with E-state index in [9.17, 15) is 0 Å². The minimum Gasteiger partial charge on any atom is -0.310 e. The number of para-hydroxylation sites is 1. The lowest BCUT2D eigenvalue weighted by Crippen LogP contribution is -2.09. The van der Waals surface area contributed by atoms with Crippen LogP contribution in [0.3, 0.4) is 0 Å². The second-order valence-corrected chi connectivity index (χ2v) is 11.8. The molecule has 0 bridgehead atoms. The molecule has 0 aliphatic rings. The van der Waals surface area contributed by atoms with Gasteiger partial charge in [-0.15, -0.1) is 0 Å². The van der Waals surface area contributed by atoms with Gasteiger partial charge in [-0.3, -0.25) is 0 Å². The van der Waals surface area contributed by atoms with Crippen molar-refractivity contribution in [1.29, 1.82) is 0 Å². The summed E-state index contributed by atoms with van der Waals surface area (Å²) in [5, 5.41) is 12.8.